The molecular formula is C31H45N3O2Si. The molecule has 5 nitrogen and oxygen atoms in total. The summed E-state index contributed by atoms with van der Waals surface area (Å²) in [5.41, 5.74) is 7.04. The monoisotopic (exact) mass is 519 g/mol. The molecule has 0 unspecified atom stereocenters. The molecule has 0 aliphatic carbocycles. The molecule has 1 N–H and O–H groups in total. The second kappa shape index (κ2) is 10.4. The molecule has 0 amide bonds. The van der Waals surface area contributed by atoms with E-state index in [0.29, 0.717) is 35.8 Å². The van der Waals surface area contributed by atoms with Crippen molar-refractivity contribution in [3.63, 3.8) is 0 Å². The summed E-state index contributed by atoms with van der Waals surface area (Å²) in [7, 11) is 0.337. The number of ether oxygens (including phenoxy) is 2. The first-order chi connectivity index (χ1) is 17.7. The molecule has 2 aliphatic rings. The summed E-state index contributed by atoms with van der Waals surface area (Å²) >= 11 is 0. The third-order valence-electron chi connectivity index (χ3n) is 9.02. The lowest BCUT2D eigenvalue weighted by molar-refractivity contribution is 0.171. The Balaban J connectivity index is 1.62. The molecule has 3 heterocycles. The van der Waals surface area contributed by atoms with Crippen LogP contribution >= 0.6 is 0 Å². The number of rotatable bonds is 7. The number of nitrogens with one attached hydrogen (secondary N) is 1. The number of likely N-dealkylation sites (tertiary alicyclic amines) is 1. The van der Waals surface area contributed by atoms with Gasteiger partial charge in [0.25, 0.3) is 0 Å². The van der Waals surface area contributed by atoms with Crippen LogP contribution in [0.1, 0.15) is 65.9 Å². The summed E-state index contributed by atoms with van der Waals surface area (Å²) in [5.74, 6) is 2.27. The fourth-order valence-corrected chi connectivity index (χ4v) is 14.1. The average Bonchev–Trinajstić information content (AvgIpc) is 3.23. The third kappa shape index (κ3) is 4.67. The smallest absolute Gasteiger partial charge is 0.169 e. The largest absolute Gasteiger partial charge is 0.486 e. The molecule has 0 atom stereocenters. The summed E-state index contributed by atoms with van der Waals surface area (Å²) in [5, 5.41) is 5.11. The van der Waals surface area contributed by atoms with Gasteiger partial charge in [0.15, 0.2) is 19.7 Å². The van der Waals surface area contributed by atoms with E-state index < -0.39 is 8.24 Å². The first kappa shape index (κ1) is 26.2. The van der Waals surface area contributed by atoms with Crippen LogP contribution in [0.4, 0.5) is 11.4 Å². The van der Waals surface area contributed by atoms with Crippen LogP contribution in [0.2, 0.25) is 16.6 Å². The number of hydrogen-bond acceptors (Lipinski definition) is 4. The van der Waals surface area contributed by atoms with Crippen LogP contribution < -0.4 is 14.8 Å². The predicted molar refractivity (Wildman–Crippen MR) is 159 cm³/mol. The Hall–Kier alpha value is -2.44. The van der Waals surface area contributed by atoms with Crippen molar-refractivity contribution < 1.29 is 9.47 Å². The minimum Gasteiger partial charge on any atom is -0.486 e. The van der Waals surface area contributed by atoms with Gasteiger partial charge in [0.05, 0.1) is 0 Å². The standard InChI is InChI=1S/C31H45N3O2Si/c1-21(2)37(22(3)4,23(5)6)34-20-28(24-12-14-33(7)15-13-24)27-10-8-25(18-29(27)34)32-26-9-11-30-31(19-26)36-17-16-35-30/h8-11,18-24,32H,12-17H2,1-7H3. The van der Waals surface area contributed by atoms with Crippen LogP contribution in [0.25, 0.3) is 10.9 Å². The lowest BCUT2D eigenvalue weighted by Gasteiger charge is -2.44. The van der Waals surface area contributed by atoms with Crippen molar-refractivity contribution >= 4 is 30.5 Å². The lowest BCUT2D eigenvalue weighted by Crippen LogP contribution is -2.51. The first-order valence-corrected chi connectivity index (χ1v) is 16.4. The van der Waals surface area contributed by atoms with E-state index in [9.17, 15) is 0 Å². The first-order valence-electron chi connectivity index (χ1n) is 14.2. The summed E-state index contributed by atoms with van der Waals surface area (Å²) in [6, 6.07) is 13.2. The Morgan fingerprint density at radius 2 is 1.41 bits per heavy atom. The zero-order chi connectivity index (χ0) is 26.3. The van der Waals surface area contributed by atoms with Crippen molar-refractivity contribution in [1.82, 2.24) is 9.13 Å². The van der Waals surface area contributed by atoms with E-state index in [2.05, 4.69) is 99.6 Å². The number of piperidine rings is 1. The average molecular weight is 520 g/mol. The topological polar surface area (TPSA) is 38.7 Å². The van der Waals surface area contributed by atoms with Crippen LogP contribution in [0.5, 0.6) is 11.5 Å². The van der Waals surface area contributed by atoms with Gasteiger partial charge in [-0.1, -0.05) is 47.6 Å². The normalized spacial score (nSPS) is 17.4. The van der Waals surface area contributed by atoms with E-state index >= 15 is 0 Å². The van der Waals surface area contributed by atoms with E-state index in [0.717, 1.165) is 22.9 Å². The number of aromatic nitrogens is 1. The molecule has 6 heteroatoms. The van der Waals surface area contributed by atoms with Crippen LogP contribution in [-0.4, -0.2) is 50.7 Å². The molecule has 1 saturated heterocycles. The second-order valence-electron chi connectivity index (χ2n) is 12.1. The fraction of sp³-hybridized carbons (Fsp3) is 0.548. The highest BCUT2D eigenvalue weighted by Gasteiger charge is 2.46. The van der Waals surface area contributed by atoms with Gasteiger partial charge < -0.3 is 23.9 Å². The Bertz CT molecular complexity index is 1220. The minimum atomic E-state index is -1.92. The Morgan fingerprint density at radius 3 is 2.05 bits per heavy atom. The highest BCUT2D eigenvalue weighted by Crippen LogP contribution is 2.47. The maximum Gasteiger partial charge on any atom is 0.169 e. The maximum absolute atomic E-state index is 5.83. The molecule has 200 valence electrons. The Morgan fingerprint density at radius 1 is 0.811 bits per heavy atom. The number of hydrogen-bond donors (Lipinski definition) is 1. The summed E-state index contributed by atoms with van der Waals surface area (Å²) < 4.78 is 14.4. The molecule has 0 saturated carbocycles. The van der Waals surface area contributed by atoms with Crippen LogP contribution in [0, 0.1) is 0 Å². The van der Waals surface area contributed by atoms with Gasteiger partial charge in [-0.25, -0.2) is 0 Å². The Kier molecular flexibility index (Phi) is 7.34. The predicted octanol–water partition coefficient (Wildman–Crippen LogP) is 7.99. The molecule has 0 spiro atoms. The van der Waals surface area contributed by atoms with Gasteiger partial charge in [-0.3, -0.25) is 0 Å². The summed E-state index contributed by atoms with van der Waals surface area (Å²) in [6.07, 6.45) is 5.08. The molecule has 0 radical (unpaired) electrons. The van der Waals surface area contributed by atoms with Gasteiger partial charge in [0, 0.05) is 28.3 Å². The van der Waals surface area contributed by atoms with Crippen LogP contribution in [0.3, 0.4) is 0 Å². The van der Waals surface area contributed by atoms with Crippen molar-refractivity contribution in [2.75, 3.05) is 38.7 Å². The molecule has 5 rings (SSSR count). The summed E-state index contributed by atoms with van der Waals surface area (Å²) in [6.45, 7) is 18.4. The number of anilines is 2. The highest BCUT2D eigenvalue weighted by atomic mass is 28.3. The zero-order valence-corrected chi connectivity index (χ0v) is 24.8. The van der Waals surface area contributed by atoms with Crippen molar-refractivity contribution in [2.45, 2.75) is 76.9 Å². The van der Waals surface area contributed by atoms with Gasteiger partial charge in [-0.15, -0.1) is 0 Å². The van der Waals surface area contributed by atoms with Gasteiger partial charge in [-0.05, 0) is 91.5 Å². The second-order valence-corrected chi connectivity index (χ2v) is 17.8. The molecule has 0 bridgehead atoms. The fourth-order valence-electron chi connectivity index (χ4n) is 7.42. The summed E-state index contributed by atoms with van der Waals surface area (Å²) in [4.78, 5) is 2.47. The van der Waals surface area contributed by atoms with E-state index in [-0.39, 0.29) is 0 Å². The van der Waals surface area contributed by atoms with Crippen LogP contribution in [-0.2, 0) is 0 Å². The van der Waals surface area contributed by atoms with E-state index in [4.69, 9.17) is 9.47 Å². The van der Waals surface area contributed by atoms with E-state index in [1.54, 1.807) is 5.56 Å². The van der Waals surface area contributed by atoms with Crippen molar-refractivity contribution in [2.24, 2.45) is 0 Å². The number of benzene rings is 2. The Labute approximate surface area is 224 Å². The minimum absolute atomic E-state index is 0.599. The van der Waals surface area contributed by atoms with Crippen molar-refractivity contribution in [3.05, 3.63) is 48.2 Å². The molecule has 2 aromatic carbocycles. The SMILES string of the molecule is CC(C)[Si](C(C)C)(C(C)C)n1cc(C2CCN(C)CC2)c2ccc(Nc3ccc4c(c3)OCCO4)cc21. The molecule has 1 aromatic heterocycles. The van der Waals surface area contributed by atoms with Crippen molar-refractivity contribution in [3.8, 4) is 11.5 Å². The number of fused-ring (bicyclic) bond motifs is 2. The quantitative estimate of drug-likeness (QED) is 0.321. The van der Waals surface area contributed by atoms with Gasteiger partial charge >= 0.3 is 0 Å². The number of nitrogens with zero attached hydrogens (tertiary/aromatic N) is 2. The van der Waals surface area contributed by atoms with Gasteiger partial charge in [-0.2, -0.15) is 0 Å². The molecular weight excluding hydrogens is 474 g/mol. The maximum atomic E-state index is 5.83. The highest BCUT2D eigenvalue weighted by molar-refractivity contribution is 6.82. The lowest BCUT2D eigenvalue weighted by atomic mass is 9.89. The van der Waals surface area contributed by atoms with E-state index in [1.165, 1.54) is 36.8 Å². The molecule has 2 aliphatic heterocycles. The molecule has 3 aromatic rings. The third-order valence-corrected chi connectivity index (χ3v) is 15.8. The molecule has 37 heavy (non-hydrogen) atoms. The van der Waals surface area contributed by atoms with E-state index in [1.807, 2.05) is 6.07 Å². The van der Waals surface area contributed by atoms with Crippen LogP contribution in [0.15, 0.2) is 42.6 Å². The van der Waals surface area contributed by atoms with Gasteiger partial charge in [0.1, 0.15) is 13.2 Å². The van der Waals surface area contributed by atoms with Crippen molar-refractivity contribution in [1.29, 1.82) is 0 Å². The molecule has 1 fully saturated rings. The van der Waals surface area contributed by atoms with Gasteiger partial charge in [0.2, 0.25) is 0 Å². The zero-order valence-electron chi connectivity index (χ0n) is 23.8.